The second-order valence-corrected chi connectivity index (χ2v) is 7.82. The van der Waals surface area contributed by atoms with E-state index in [9.17, 15) is 4.79 Å². The van der Waals surface area contributed by atoms with Crippen molar-refractivity contribution in [2.75, 3.05) is 20.1 Å². The summed E-state index contributed by atoms with van der Waals surface area (Å²) in [6, 6.07) is 0. The molecule has 5 atom stereocenters. The highest BCUT2D eigenvalue weighted by atomic mass is 16.1. The smallest absolute Gasteiger partial charge is 0.143 e. The predicted molar refractivity (Wildman–Crippen MR) is 75.6 cm³/mol. The largest absolute Gasteiger partial charge is 0.317 e. The van der Waals surface area contributed by atoms with Crippen LogP contribution in [0.1, 0.15) is 45.4 Å². The SMILES string of the molecule is C[C@@H]1C[C@H]2CC(=O)[C@H]3CCC[N@+]4(C)CCC=C2[C@]34C1. The predicted octanol–water partition coefficient (Wildman–Crippen LogP) is 2.93. The van der Waals surface area contributed by atoms with Crippen molar-refractivity contribution in [2.45, 2.75) is 51.0 Å². The quantitative estimate of drug-likeness (QED) is 0.483. The van der Waals surface area contributed by atoms with E-state index in [1.165, 1.54) is 43.3 Å². The molecule has 2 nitrogen and oxygen atoms in total. The second kappa shape index (κ2) is 3.72. The topological polar surface area (TPSA) is 17.1 Å². The summed E-state index contributed by atoms with van der Waals surface area (Å²) in [7, 11) is 2.45. The van der Waals surface area contributed by atoms with Crippen molar-refractivity contribution in [3.05, 3.63) is 11.6 Å². The molecule has 1 saturated heterocycles. The van der Waals surface area contributed by atoms with Crippen LogP contribution in [0.15, 0.2) is 11.6 Å². The summed E-state index contributed by atoms with van der Waals surface area (Å²) in [4.78, 5) is 12.7. The molecule has 4 aliphatic rings. The van der Waals surface area contributed by atoms with Gasteiger partial charge in [0.2, 0.25) is 0 Å². The summed E-state index contributed by atoms with van der Waals surface area (Å²) >= 11 is 0. The summed E-state index contributed by atoms with van der Waals surface area (Å²) in [5.74, 6) is 2.33. The van der Waals surface area contributed by atoms with E-state index in [0.29, 0.717) is 17.6 Å². The number of nitrogens with zero attached hydrogens (tertiary/aromatic N) is 1. The lowest BCUT2D eigenvalue weighted by Gasteiger charge is -2.65. The Balaban J connectivity index is 1.93. The van der Waals surface area contributed by atoms with Gasteiger partial charge in [0.05, 0.1) is 26.1 Å². The van der Waals surface area contributed by atoms with Crippen molar-refractivity contribution >= 4 is 5.78 Å². The first-order chi connectivity index (χ1) is 9.07. The number of hydrogen-bond acceptors (Lipinski definition) is 1. The van der Waals surface area contributed by atoms with Crippen LogP contribution in [-0.4, -0.2) is 35.9 Å². The van der Waals surface area contributed by atoms with Gasteiger partial charge in [-0.15, -0.1) is 0 Å². The maximum atomic E-state index is 12.7. The molecule has 0 amide bonds. The zero-order valence-electron chi connectivity index (χ0n) is 12.3. The number of ketones is 1. The third-order valence-corrected chi connectivity index (χ3v) is 6.79. The minimum Gasteiger partial charge on any atom is -0.317 e. The highest BCUT2D eigenvalue weighted by Gasteiger charge is 2.66. The Kier molecular flexibility index (Phi) is 2.38. The van der Waals surface area contributed by atoms with Gasteiger partial charge in [-0.1, -0.05) is 13.0 Å². The van der Waals surface area contributed by atoms with Crippen LogP contribution in [-0.2, 0) is 4.79 Å². The zero-order valence-corrected chi connectivity index (χ0v) is 12.3. The van der Waals surface area contributed by atoms with Gasteiger partial charge in [0.1, 0.15) is 11.3 Å². The highest BCUT2D eigenvalue weighted by Crippen LogP contribution is 2.59. The van der Waals surface area contributed by atoms with Crippen molar-refractivity contribution in [1.29, 1.82) is 0 Å². The Morgan fingerprint density at radius 2 is 2.21 bits per heavy atom. The van der Waals surface area contributed by atoms with Gasteiger partial charge in [0.15, 0.2) is 0 Å². The van der Waals surface area contributed by atoms with E-state index in [2.05, 4.69) is 20.0 Å². The summed E-state index contributed by atoms with van der Waals surface area (Å²) < 4.78 is 1.18. The van der Waals surface area contributed by atoms with Gasteiger partial charge in [0, 0.05) is 19.3 Å². The summed E-state index contributed by atoms with van der Waals surface area (Å²) in [5, 5.41) is 0. The van der Waals surface area contributed by atoms with Crippen LogP contribution in [0.2, 0.25) is 0 Å². The van der Waals surface area contributed by atoms with E-state index in [0.717, 1.165) is 18.8 Å². The fraction of sp³-hybridized carbons (Fsp3) is 0.824. The lowest BCUT2D eigenvalue weighted by atomic mass is 9.51. The molecule has 1 spiro atoms. The van der Waals surface area contributed by atoms with Gasteiger partial charge in [0.25, 0.3) is 0 Å². The normalized spacial score (nSPS) is 52.4. The Bertz CT molecular complexity index is 468. The maximum absolute atomic E-state index is 12.7. The molecule has 2 saturated carbocycles. The Hall–Kier alpha value is -0.630. The van der Waals surface area contributed by atoms with Gasteiger partial charge in [-0.05, 0) is 36.7 Å². The van der Waals surface area contributed by atoms with E-state index >= 15 is 0 Å². The minimum absolute atomic E-state index is 0.216. The van der Waals surface area contributed by atoms with Gasteiger partial charge in [-0.2, -0.15) is 0 Å². The number of hydrogen-bond donors (Lipinski definition) is 0. The average Bonchev–Trinajstić information content (AvgIpc) is 2.34. The van der Waals surface area contributed by atoms with E-state index in [1.54, 1.807) is 5.57 Å². The molecule has 0 aromatic carbocycles. The van der Waals surface area contributed by atoms with Gasteiger partial charge in [-0.3, -0.25) is 4.79 Å². The molecule has 0 unspecified atom stereocenters. The molecule has 0 aromatic heterocycles. The van der Waals surface area contributed by atoms with Crippen LogP contribution < -0.4 is 0 Å². The first-order valence-electron chi connectivity index (χ1n) is 8.15. The average molecular weight is 260 g/mol. The standard InChI is InChI=1S/C17H26NO/c1-12-9-13-10-16(19)15-6-4-8-18(2)7-3-5-14(13)17(15,18)11-12/h5,12-13,15H,3-4,6-11H2,1-2H3/q+1/t12-,13+,15-,17-,18+/m1/s1. The number of carbonyl (C=O) groups excluding carboxylic acids is 1. The summed E-state index contributed by atoms with van der Waals surface area (Å²) in [5.41, 5.74) is 1.93. The molecule has 2 heterocycles. The molecule has 2 aliphatic carbocycles. The minimum atomic E-state index is 0.216. The van der Waals surface area contributed by atoms with E-state index in [1.807, 2.05) is 0 Å². The molecule has 3 fully saturated rings. The molecule has 2 bridgehead atoms. The number of quaternary nitrogens is 1. The van der Waals surface area contributed by atoms with Crippen LogP contribution in [0, 0.1) is 17.8 Å². The lowest BCUT2D eigenvalue weighted by Crippen LogP contribution is -2.75. The number of piperidine rings is 1. The Morgan fingerprint density at radius 1 is 1.37 bits per heavy atom. The van der Waals surface area contributed by atoms with Crippen LogP contribution in [0.5, 0.6) is 0 Å². The molecular weight excluding hydrogens is 234 g/mol. The third-order valence-electron chi connectivity index (χ3n) is 6.79. The molecular formula is C17H26NO+. The lowest BCUT2D eigenvalue weighted by molar-refractivity contribution is -0.965. The monoisotopic (exact) mass is 260 g/mol. The van der Waals surface area contributed by atoms with Crippen LogP contribution in [0.4, 0.5) is 0 Å². The van der Waals surface area contributed by atoms with E-state index in [4.69, 9.17) is 0 Å². The van der Waals surface area contributed by atoms with Crippen molar-refractivity contribution in [1.82, 2.24) is 0 Å². The molecule has 0 N–H and O–H groups in total. The molecule has 0 radical (unpaired) electrons. The first kappa shape index (κ1) is 12.1. The van der Waals surface area contributed by atoms with Crippen molar-refractivity contribution < 1.29 is 9.28 Å². The first-order valence-corrected chi connectivity index (χ1v) is 8.15. The zero-order chi connectivity index (χ0) is 13.3. The van der Waals surface area contributed by atoms with Gasteiger partial charge >= 0.3 is 0 Å². The fourth-order valence-corrected chi connectivity index (χ4v) is 6.20. The number of Topliss-reactive ketones (excluding diaryl/α,β-unsaturated/α-hetero) is 1. The van der Waals surface area contributed by atoms with Crippen LogP contribution >= 0.6 is 0 Å². The molecule has 104 valence electrons. The van der Waals surface area contributed by atoms with Crippen molar-refractivity contribution in [3.8, 4) is 0 Å². The second-order valence-electron chi connectivity index (χ2n) is 7.82. The summed E-state index contributed by atoms with van der Waals surface area (Å²) in [6.45, 7) is 4.96. The molecule has 0 aromatic rings. The van der Waals surface area contributed by atoms with Crippen LogP contribution in [0.25, 0.3) is 0 Å². The highest BCUT2D eigenvalue weighted by molar-refractivity contribution is 5.85. The number of rotatable bonds is 0. The number of carbonyl (C=O) groups is 1. The molecule has 2 heteroatoms. The fourth-order valence-electron chi connectivity index (χ4n) is 6.20. The molecule has 19 heavy (non-hydrogen) atoms. The molecule has 4 rings (SSSR count). The van der Waals surface area contributed by atoms with E-state index in [-0.39, 0.29) is 5.54 Å². The maximum Gasteiger partial charge on any atom is 0.143 e. The molecule has 2 aliphatic heterocycles. The Morgan fingerprint density at radius 3 is 3.05 bits per heavy atom. The van der Waals surface area contributed by atoms with Crippen molar-refractivity contribution in [3.63, 3.8) is 0 Å². The van der Waals surface area contributed by atoms with Crippen molar-refractivity contribution in [2.24, 2.45) is 17.8 Å². The van der Waals surface area contributed by atoms with Gasteiger partial charge in [-0.25, -0.2) is 0 Å². The van der Waals surface area contributed by atoms with Gasteiger partial charge < -0.3 is 4.48 Å². The number of likely N-dealkylation sites (N-methyl/N-ethyl adjacent to an activating group) is 1. The third kappa shape index (κ3) is 1.34. The van der Waals surface area contributed by atoms with Crippen LogP contribution in [0.3, 0.4) is 0 Å². The van der Waals surface area contributed by atoms with E-state index < -0.39 is 0 Å². The Labute approximate surface area is 116 Å². The summed E-state index contributed by atoms with van der Waals surface area (Å²) in [6.07, 6.45) is 9.56.